The van der Waals surface area contributed by atoms with Crippen LogP contribution >= 0.6 is 22.9 Å². The molecule has 6 nitrogen and oxygen atoms in total. The van der Waals surface area contributed by atoms with E-state index in [9.17, 15) is 18.8 Å². The summed E-state index contributed by atoms with van der Waals surface area (Å²) in [5, 5.41) is 3.08. The highest BCUT2D eigenvalue weighted by molar-refractivity contribution is 7.17. The minimum absolute atomic E-state index is 0.170. The lowest BCUT2D eigenvalue weighted by atomic mass is 9.95. The highest BCUT2D eigenvalue weighted by Crippen LogP contribution is 2.37. The fourth-order valence-electron chi connectivity index (χ4n) is 2.94. The molecule has 1 heterocycles. The van der Waals surface area contributed by atoms with E-state index in [-0.39, 0.29) is 10.6 Å². The quantitative estimate of drug-likeness (QED) is 0.738. The Bertz CT molecular complexity index is 928. The van der Waals surface area contributed by atoms with Crippen molar-refractivity contribution < 1.29 is 23.5 Å². The average molecular weight is 411 g/mol. The Balaban J connectivity index is 1.68. The normalized spacial score (nSPS) is 13.0. The number of nitrogens with two attached hydrogens (primary N) is 1. The molecule has 0 fully saturated rings. The van der Waals surface area contributed by atoms with E-state index in [0.717, 1.165) is 48.3 Å². The van der Waals surface area contributed by atoms with Crippen molar-refractivity contribution in [2.45, 2.75) is 25.7 Å². The molecule has 1 aromatic carbocycles. The van der Waals surface area contributed by atoms with Crippen LogP contribution in [-0.2, 0) is 22.4 Å². The van der Waals surface area contributed by atoms with Crippen LogP contribution in [0, 0.1) is 5.82 Å². The van der Waals surface area contributed by atoms with Crippen molar-refractivity contribution in [2.75, 3.05) is 11.9 Å². The number of fused-ring (bicyclic) bond motifs is 1. The van der Waals surface area contributed by atoms with Crippen LogP contribution in [0.4, 0.5) is 9.39 Å². The number of rotatable bonds is 5. The van der Waals surface area contributed by atoms with Crippen molar-refractivity contribution in [1.82, 2.24) is 0 Å². The molecular formula is C18H16ClFN2O4S. The second-order valence-electron chi connectivity index (χ2n) is 6.03. The van der Waals surface area contributed by atoms with Gasteiger partial charge >= 0.3 is 5.97 Å². The summed E-state index contributed by atoms with van der Waals surface area (Å²) in [5.41, 5.74) is 6.30. The number of amides is 2. The summed E-state index contributed by atoms with van der Waals surface area (Å²) in [6.07, 6.45) is 3.55. The molecule has 1 aliphatic carbocycles. The number of benzene rings is 1. The number of carbonyl (C=O) groups excluding carboxylic acids is 3. The summed E-state index contributed by atoms with van der Waals surface area (Å²) in [6.45, 7) is -0.633. The number of anilines is 1. The first-order chi connectivity index (χ1) is 12.9. The molecule has 2 amide bonds. The number of aryl methyl sites for hydroxylation is 1. The molecule has 0 spiro atoms. The van der Waals surface area contributed by atoms with Gasteiger partial charge in [-0.25, -0.2) is 9.18 Å². The molecule has 0 aliphatic heterocycles. The van der Waals surface area contributed by atoms with Crippen LogP contribution in [0.1, 0.15) is 44.0 Å². The van der Waals surface area contributed by atoms with Crippen molar-refractivity contribution in [3.05, 3.63) is 50.6 Å². The maximum atomic E-state index is 13.7. The predicted molar refractivity (Wildman–Crippen MR) is 99.8 cm³/mol. The van der Waals surface area contributed by atoms with Gasteiger partial charge in [-0.05, 0) is 49.4 Å². The lowest BCUT2D eigenvalue weighted by Gasteiger charge is -2.11. The zero-order valence-corrected chi connectivity index (χ0v) is 15.7. The number of carbonyl (C=O) groups is 3. The smallest absolute Gasteiger partial charge is 0.341 e. The first-order valence-corrected chi connectivity index (χ1v) is 9.42. The molecule has 3 N–H and O–H groups in total. The molecule has 2 aromatic rings. The minimum Gasteiger partial charge on any atom is -0.452 e. The maximum absolute atomic E-state index is 13.7. The Morgan fingerprint density at radius 3 is 2.74 bits per heavy atom. The SMILES string of the molecule is NC(=O)c1c(NC(=O)COC(=O)c2cc(Cl)ccc2F)sc2c1CCCC2. The van der Waals surface area contributed by atoms with Gasteiger partial charge in [-0.1, -0.05) is 11.6 Å². The topological polar surface area (TPSA) is 98.5 Å². The number of ether oxygens (including phenoxy) is 1. The van der Waals surface area contributed by atoms with Crippen molar-refractivity contribution in [3.8, 4) is 0 Å². The second kappa shape index (κ2) is 8.06. The number of hydrogen-bond acceptors (Lipinski definition) is 5. The molecule has 3 rings (SSSR count). The van der Waals surface area contributed by atoms with E-state index < -0.39 is 30.2 Å². The Hall–Kier alpha value is -2.45. The van der Waals surface area contributed by atoms with E-state index in [1.165, 1.54) is 17.4 Å². The predicted octanol–water partition coefficient (Wildman–Crippen LogP) is 3.31. The van der Waals surface area contributed by atoms with Crippen LogP contribution in [0.5, 0.6) is 0 Å². The molecule has 9 heteroatoms. The molecular weight excluding hydrogens is 395 g/mol. The Labute approximate surface area is 163 Å². The van der Waals surface area contributed by atoms with E-state index in [0.29, 0.717) is 10.6 Å². The van der Waals surface area contributed by atoms with Crippen molar-refractivity contribution in [2.24, 2.45) is 5.73 Å². The van der Waals surface area contributed by atoms with E-state index in [1.54, 1.807) is 0 Å². The molecule has 27 heavy (non-hydrogen) atoms. The maximum Gasteiger partial charge on any atom is 0.341 e. The van der Waals surface area contributed by atoms with Gasteiger partial charge in [-0.15, -0.1) is 11.3 Å². The third-order valence-corrected chi connectivity index (χ3v) is 5.60. The summed E-state index contributed by atoms with van der Waals surface area (Å²) in [4.78, 5) is 36.9. The Morgan fingerprint density at radius 2 is 2.00 bits per heavy atom. The molecule has 0 saturated heterocycles. The van der Waals surface area contributed by atoms with Gasteiger partial charge in [0.05, 0.1) is 11.1 Å². The average Bonchev–Trinajstić information content (AvgIpc) is 2.99. The second-order valence-corrected chi connectivity index (χ2v) is 7.57. The van der Waals surface area contributed by atoms with E-state index >= 15 is 0 Å². The van der Waals surface area contributed by atoms with E-state index in [2.05, 4.69) is 5.32 Å². The standard InChI is InChI=1S/C18H16ClFN2O4S/c19-9-5-6-12(20)11(7-9)18(25)26-8-14(23)22-17-15(16(21)24)10-3-1-2-4-13(10)27-17/h5-7H,1-4,8H2,(H2,21,24)(H,22,23). The van der Waals surface area contributed by atoms with Gasteiger partial charge < -0.3 is 15.8 Å². The van der Waals surface area contributed by atoms with Crippen molar-refractivity contribution in [1.29, 1.82) is 0 Å². The fourth-order valence-corrected chi connectivity index (χ4v) is 4.42. The highest BCUT2D eigenvalue weighted by Gasteiger charge is 2.25. The lowest BCUT2D eigenvalue weighted by molar-refractivity contribution is -0.119. The number of hydrogen-bond donors (Lipinski definition) is 2. The van der Waals surface area contributed by atoms with E-state index in [1.807, 2.05) is 0 Å². The van der Waals surface area contributed by atoms with Gasteiger partial charge in [0, 0.05) is 9.90 Å². The van der Waals surface area contributed by atoms with Crippen LogP contribution in [0.3, 0.4) is 0 Å². The summed E-state index contributed by atoms with van der Waals surface area (Å²) < 4.78 is 18.5. The number of esters is 1. The third-order valence-electron chi connectivity index (χ3n) is 4.15. The highest BCUT2D eigenvalue weighted by atomic mass is 35.5. The van der Waals surface area contributed by atoms with Gasteiger partial charge in [-0.2, -0.15) is 0 Å². The summed E-state index contributed by atoms with van der Waals surface area (Å²) in [7, 11) is 0. The number of thiophene rings is 1. The molecule has 0 saturated carbocycles. The van der Waals surface area contributed by atoms with Crippen LogP contribution in [0.2, 0.25) is 5.02 Å². The third kappa shape index (κ3) is 4.28. The molecule has 142 valence electrons. The van der Waals surface area contributed by atoms with Gasteiger partial charge in [0.15, 0.2) is 6.61 Å². The van der Waals surface area contributed by atoms with Crippen molar-refractivity contribution >= 4 is 45.7 Å². The van der Waals surface area contributed by atoms with Gasteiger partial charge in [-0.3, -0.25) is 9.59 Å². The molecule has 0 radical (unpaired) electrons. The van der Waals surface area contributed by atoms with Crippen LogP contribution in [0.15, 0.2) is 18.2 Å². The van der Waals surface area contributed by atoms with Crippen LogP contribution in [0.25, 0.3) is 0 Å². The van der Waals surface area contributed by atoms with Gasteiger partial charge in [0.1, 0.15) is 10.8 Å². The summed E-state index contributed by atoms with van der Waals surface area (Å²) in [5.74, 6) is -3.06. The summed E-state index contributed by atoms with van der Waals surface area (Å²) >= 11 is 7.03. The number of halogens is 2. The largest absolute Gasteiger partial charge is 0.452 e. The monoisotopic (exact) mass is 410 g/mol. The Kier molecular flexibility index (Phi) is 5.76. The first-order valence-electron chi connectivity index (χ1n) is 8.23. The fraction of sp³-hybridized carbons (Fsp3) is 0.278. The van der Waals surface area contributed by atoms with Crippen LogP contribution in [-0.4, -0.2) is 24.4 Å². The molecule has 0 atom stereocenters. The zero-order chi connectivity index (χ0) is 19.6. The molecule has 0 unspecified atom stereocenters. The van der Waals surface area contributed by atoms with E-state index in [4.69, 9.17) is 22.1 Å². The molecule has 1 aliphatic rings. The van der Waals surface area contributed by atoms with Crippen LogP contribution < -0.4 is 11.1 Å². The summed E-state index contributed by atoms with van der Waals surface area (Å²) in [6, 6.07) is 3.45. The Morgan fingerprint density at radius 1 is 1.26 bits per heavy atom. The zero-order valence-electron chi connectivity index (χ0n) is 14.1. The lowest BCUT2D eigenvalue weighted by Crippen LogP contribution is -2.23. The van der Waals surface area contributed by atoms with Crippen molar-refractivity contribution in [3.63, 3.8) is 0 Å². The number of primary amides is 1. The molecule has 1 aromatic heterocycles. The first kappa shape index (κ1) is 19.3. The van der Waals surface area contributed by atoms with Gasteiger partial charge in [0.2, 0.25) is 0 Å². The van der Waals surface area contributed by atoms with Gasteiger partial charge in [0.25, 0.3) is 11.8 Å². The number of nitrogens with one attached hydrogen (secondary N) is 1. The minimum atomic E-state index is -1.01. The molecule has 0 bridgehead atoms.